The van der Waals surface area contributed by atoms with Crippen LogP contribution in [0.15, 0.2) is 28.7 Å². The van der Waals surface area contributed by atoms with Crippen molar-refractivity contribution in [2.45, 2.75) is 12.8 Å². The van der Waals surface area contributed by atoms with Gasteiger partial charge in [-0.15, -0.1) is 0 Å². The third-order valence-electron chi connectivity index (χ3n) is 3.70. The van der Waals surface area contributed by atoms with Crippen molar-refractivity contribution in [1.82, 2.24) is 10.2 Å². The summed E-state index contributed by atoms with van der Waals surface area (Å²) in [5.41, 5.74) is 0.487. The van der Waals surface area contributed by atoms with E-state index in [4.69, 9.17) is 5.11 Å². The van der Waals surface area contributed by atoms with Crippen LogP contribution in [0.25, 0.3) is 0 Å². The predicted molar refractivity (Wildman–Crippen MR) is 83.4 cm³/mol. The number of halogens is 1. The summed E-state index contributed by atoms with van der Waals surface area (Å²) in [6.07, 6.45) is 0.920. The summed E-state index contributed by atoms with van der Waals surface area (Å²) in [4.78, 5) is 36.4. The smallest absolute Gasteiger partial charge is 0.306 e. The number of carboxylic acids is 1. The monoisotopic (exact) mass is 368 g/mol. The summed E-state index contributed by atoms with van der Waals surface area (Å²) in [5, 5.41) is 11.5. The van der Waals surface area contributed by atoms with Gasteiger partial charge in [-0.2, -0.15) is 0 Å². The number of amides is 2. The topological polar surface area (TPSA) is 86.7 Å². The summed E-state index contributed by atoms with van der Waals surface area (Å²) < 4.78 is 0.876. The molecule has 1 aromatic carbocycles. The molecule has 0 saturated carbocycles. The number of nitrogens with one attached hydrogen (secondary N) is 1. The van der Waals surface area contributed by atoms with E-state index in [2.05, 4.69) is 21.2 Å². The van der Waals surface area contributed by atoms with Gasteiger partial charge in [0.2, 0.25) is 5.91 Å². The molecule has 1 heterocycles. The first kappa shape index (κ1) is 16.5. The van der Waals surface area contributed by atoms with E-state index in [1.165, 1.54) is 0 Å². The number of aliphatic carboxylic acids is 1. The molecule has 0 radical (unpaired) electrons. The first-order valence-electron chi connectivity index (χ1n) is 7.01. The number of benzene rings is 1. The Hall–Kier alpha value is -1.89. The van der Waals surface area contributed by atoms with E-state index >= 15 is 0 Å². The van der Waals surface area contributed by atoms with Gasteiger partial charge in [0.25, 0.3) is 5.91 Å². The van der Waals surface area contributed by atoms with Gasteiger partial charge in [0, 0.05) is 23.1 Å². The fourth-order valence-corrected chi connectivity index (χ4v) is 2.61. The zero-order valence-electron chi connectivity index (χ0n) is 11.9. The van der Waals surface area contributed by atoms with E-state index < -0.39 is 5.97 Å². The number of hydrogen-bond donors (Lipinski definition) is 2. The van der Waals surface area contributed by atoms with Crippen LogP contribution in [0, 0.1) is 5.92 Å². The van der Waals surface area contributed by atoms with E-state index in [9.17, 15) is 14.4 Å². The molecule has 6 nitrogen and oxygen atoms in total. The molecule has 22 heavy (non-hydrogen) atoms. The second kappa shape index (κ2) is 7.40. The van der Waals surface area contributed by atoms with Crippen molar-refractivity contribution in [2.75, 3.05) is 19.6 Å². The molecule has 2 N–H and O–H groups in total. The second-order valence-electron chi connectivity index (χ2n) is 5.18. The maximum Gasteiger partial charge on any atom is 0.306 e. The van der Waals surface area contributed by atoms with Gasteiger partial charge in [-0.3, -0.25) is 14.4 Å². The maximum absolute atomic E-state index is 12.0. The molecule has 1 aromatic rings. The highest BCUT2D eigenvalue weighted by Crippen LogP contribution is 2.17. The maximum atomic E-state index is 12.0. The van der Waals surface area contributed by atoms with Crippen LogP contribution in [0.1, 0.15) is 23.2 Å². The first-order chi connectivity index (χ1) is 10.5. The lowest BCUT2D eigenvalue weighted by atomic mass is 9.97. The molecular weight excluding hydrogens is 352 g/mol. The third-order valence-corrected chi connectivity index (χ3v) is 4.23. The molecule has 0 aliphatic carbocycles. The molecule has 2 rings (SSSR count). The van der Waals surface area contributed by atoms with Crippen LogP contribution >= 0.6 is 15.9 Å². The second-order valence-corrected chi connectivity index (χ2v) is 6.10. The van der Waals surface area contributed by atoms with Crippen LogP contribution in [-0.4, -0.2) is 47.4 Å². The number of carboxylic acid groups (broad SMARTS) is 1. The van der Waals surface area contributed by atoms with Crippen LogP contribution in [0.5, 0.6) is 0 Å². The number of rotatable bonds is 4. The molecule has 0 unspecified atom stereocenters. The molecule has 0 atom stereocenters. The van der Waals surface area contributed by atoms with Crippen molar-refractivity contribution in [1.29, 1.82) is 0 Å². The highest BCUT2D eigenvalue weighted by Gasteiger charge is 2.26. The Morgan fingerprint density at radius 1 is 1.18 bits per heavy atom. The zero-order valence-corrected chi connectivity index (χ0v) is 13.5. The molecule has 0 bridgehead atoms. The Bertz CT molecular complexity index is 565. The van der Waals surface area contributed by atoms with Crippen LogP contribution in [0.3, 0.4) is 0 Å². The average molecular weight is 369 g/mol. The summed E-state index contributed by atoms with van der Waals surface area (Å²) in [6, 6.07) is 6.85. The van der Waals surface area contributed by atoms with Crippen LogP contribution in [0.4, 0.5) is 0 Å². The van der Waals surface area contributed by atoms with Crippen molar-refractivity contribution < 1.29 is 19.5 Å². The Balaban J connectivity index is 1.79. The molecule has 1 saturated heterocycles. The molecule has 7 heteroatoms. The largest absolute Gasteiger partial charge is 0.481 e. The molecule has 0 spiro atoms. The van der Waals surface area contributed by atoms with E-state index in [0.29, 0.717) is 31.5 Å². The van der Waals surface area contributed by atoms with Crippen molar-refractivity contribution in [3.05, 3.63) is 34.3 Å². The van der Waals surface area contributed by atoms with Crippen molar-refractivity contribution in [3.63, 3.8) is 0 Å². The highest BCUT2D eigenvalue weighted by molar-refractivity contribution is 9.10. The van der Waals surface area contributed by atoms with Gasteiger partial charge < -0.3 is 15.3 Å². The fraction of sp³-hybridized carbons (Fsp3) is 0.400. The third kappa shape index (κ3) is 4.30. The Morgan fingerprint density at radius 2 is 1.77 bits per heavy atom. The van der Waals surface area contributed by atoms with E-state index in [1.807, 2.05) is 0 Å². The van der Waals surface area contributed by atoms with Gasteiger partial charge >= 0.3 is 5.97 Å². The van der Waals surface area contributed by atoms with Gasteiger partial charge in [0.05, 0.1) is 12.5 Å². The Labute approximate surface area is 136 Å². The molecule has 2 amide bonds. The number of piperidine rings is 1. The van der Waals surface area contributed by atoms with Crippen molar-refractivity contribution >= 4 is 33.7 Å². The Morgan fingerprint density at radius 3 is 2.32 bits per heavy atom. The summed E-state index contributed by atoms with van der Waals surface area (Å²) in [6.45, 7) is 0.764. The molecule has 118 valence electrons. The molecule has 1 aliphatic heterocycles. The van der Waals surface area contributed by atoms with Gasteiger partial charge in [0.1, 0.15) is 0 Å². The van der Waals surface area contributed by atoms with Crippen LogP contribution < -0.4 is 5.32 Å². The van der Waals surface area contributed by atoms with Gasteiger partial charge in [0.15, 0.2) is 0 Å². The summed E-state index contributed by atoms with van der Waals surface area (Å²) in [7, 11) is 0. The molecule has 1 fully saturated rings. The Kier molecular flexibility index (Phi) is 5.54. The van der Waals surface area contributed by atoms with E-state index in [-0.39, 0.29) is 24.3 Å². The lowest BCUT2D eigenvalue weighted by molar-refractivity contribution is -0.145. The van der Waals surface area contributed by atoms with Gasteiger partial charge in [-0.1, -0.05) is 15.9 Å². The fourth-order valence-electron chi connectivity index (χ4n) is 2.35. The SMILES string of the molecule is O=C(NCC(=O)N1CCC(C(=O)O)CC1)c1ccc(Br)cc1. The lowest BCUT2D eigenvalue weighted by Crippen LogP contribution is -2.45. The van der Waals surface area contributed by atoms with E-state index in [0.717, 1.165) is 4.47 Å². The lowest BCUT2D eigenvalue weighted by Gasteiger charge is -2.30. The average Bonchev–Trinajstić information content (AvgIpc) is 2.53. The minimum atomic E-state index is -0.810. The standard InChI is InChI=1S/C15H17BrN2O4/c16-12-3-1-10(2-4-12)14(20)17-9-13(19)18-7-5-11(6-8-18)15(21)22/h1-4,11H,5-9H2,(H,17,20)(H,21,22). The number of carbonyl (C=O) groups excluding carboxylic acids is 2. The number of carbonyl (C=O) groups is 3. The van der Waals surface area contributed by atoms with Crippen molar-refractivity contribution in [3.8, 4) is 0 Å². The minimum absolute atomic E-state index is 0.0768. The number of hydrogen-bond acceptors (Lipinski definition) is 3. The van der Waals surface area contributed by atoms with E-state index in [1.54, 1.807) is 29.2 Å². The molecular formula is C15H17BrN2O4. The van der Waals surface area contributed by atoms with Gasteiger partial charge in [-0.05, 0) is 37.1 Å². The summed E-state index contributed by atoms with van der Waals surface area (Å²) >= 11 is 3.29. The summed E-state index contributed by atoms with van der Waals surface area (Å²) in [5.74, 6) is -1.67. The van der Waals surface area contributed by atoms with Crippen LogP contribution in [0.2, 0.25) is 0 Å². The highest BCUT2D eigenvalue weighted by atomic mass is 79.9. The zero-order chi connectivity index (χ0) is 16.1. The molecule has 1 aliphatic rings. The predicted octanol–water partition coefficient (Wildman–Crippen LogP) is 1.50. The van der Waals surface area contributed by atoms with Gasteiger partial charge in [-0.25, -0.2) is 0 Å². The number of nitrogens with zero attached hydrogens (tertiary/aromatic N) is 1. The molecule has 0 aromatic heterocycles. The van der Waals surface area contributed by atoms with Crippen molar-refractivity contribution in [2.24, 2.45) is 5.92 Å². The number of likely N-dealkylation sites (tertiary alicyclic amines) is 1. The quantitative estimate of drug-likeness (QED) is 0.842. The van der Waals surface area contributed by atoms with Crippen LogP contribution in [-0.2, 0) is 9.59 Å². The normalized spacial score (nSPS) is 15.4. The minimum Gasteiger partial charge on any atom is -0.481 e. The first-order valence-corrected chi connectivity index (χ1v) is 7.81.